The summed E-state index contributed by atoms with van der Waals surface area (Å²) in [5, 5.41) is 20.7. The van der Waals surface area contributed by atoms with Gasteiger partial charge in [0.25, 0.3) is 5.91 Å². The lowest BCUT2D eigenvalue weighted by atomic mass is 9.93. The van der Waals surface area contributed by atoms with Gasteiger partial charge < -0.3 is 21.3 Å². The Hall–Kier alpha value is -2.45. The zero-order valence-electron chi connectivity index (χ0n) is 17.7. The molecule has 2 aromatic rings. The van der Waals surface area contributed by atoms with Crippen LogP contribution in [0.1, 0.15) is 60.5 Å². The van der Waals surface area contributed by atoms with Crippen LogP contribution in [0.15, 0.2) is 24.3 Å². The fourth-order valence-corrected chi connectivity index (χ4v) is 4.30. The normalized spacial score (nSPS) is 22.6. The lowest BCUT2D eigenvalue weighted by Gasteiger charge is -2.30. The molecule has 8 heteroatoms. The van der Waals surface area contributed by atoms with E-state index < -0.39 is 0 Å². The second-order valence-corrected chi connectivity index (χ2v) is 8.49. The predicted octanol–water partition coefficient (Wildman–Crippen LogP) is 2.00. The smallest absolute Gasteiger partial charge is 0.251 e. The Balaban J connectivity index is 1.29. The van der Waals surface area contributed by atoms with Crippen LogP contribution in [0, 0.1) is 5.92 Å². The van der Waals surface area contributed by atoms with Gasteiger partial charge in [-0.15, -0.1) is 0 Å². The van der Waals surface area contributed by atoms with Gasteiger partial charge in [-0.3, -0.25) is 9.89 Å². The molecule has 0 bridgehead atoms. The number of hydrogen-bond donors (Lipinski definition) is 5. The summed E-state index contributed by atoms with van der Waals surface area (Å²) < 4.78 is 0. The zero-order chi connectivity index (χ0) is 20.8. The van der Waals surface area contributed by atoms with Crippen molar-refractivity contribution in [2.24, 2.45) is 5.92 Å². The van der Waals surface area contributed by atoms with Gasteiger partial charge in [-0.05, 0) is 69.4 Å². The standard InChI is InChI=1S/C22H33N7O/c1-15-4-3-9-24-19(15)13-26-22(30)17-5-2-6-18(12-17)25-14-20-27-21(29-28-20)16-7-10-23-11-8-16/h2,5-6,12,15-16,19,23-25H,3-4,7-11,13-14H2,1H3,(H,26,30)(H,27,28,29). The van der Waals surface area contributed by atoms with Crippen LogP contribution in [-0.4, -0.2) is 53.3 Å². The van der Waals surface area contributed by atoms with E-state index in [9.17, 15) is 4.79 Å². The molecule has 2 atom stereocenters. The molecule has 2 aliphatic rings. The van der Waals surface area contributed by atoms with Crippen molar-refractivity contribution in [3.05, 3.63) is 41.5 Å². The van der Waals surface area contributed by atoms with Gasteiger partial charge in [0.15, 0.2) is 5.82 Å². The third-order valence-electron chi connectivity index (χ3n) is 6.25. The molecule has 0 radical (unpaired) electrons. The minimum atomic E-state index is -0.0360. The first kappa shape index (κ1) is 20.8. The summed E-state index contributed by atoms with van der Waals surface area (Å²) in [6.45, 7) is 6.54. The van der Waals surface area contributed by atoms with E-state index in [1.54, 1.807) is 0 Å². The summed E-state index contributed by atoms with van der Waals surface area (Å²) in [5.41, 5.74) is 1.56. The van der Waals surface area contributed by atoms with E-state index in [2.05, 4.69) is 43.4 Å². The molecule has 0 saturated carbocycles. The van der Waals surface area contributed by atoms with Gasteiger partial charge in [-0.2, -0.15) is 5.10 Å². The van der Waals surface area contributed by atoms with Crippen molar-refractivity contribution in [1.29, 1.82) is 0 Å². The molecular weight excluding hydrogens is 378 g/mol. The summed E-state index contributed by atoms with van der Waals surface area (Å²) in [5.74, 6) is 2.71. The van der Waals surface area contributed by atoms with Crippen molar-refractivity contribution < 1.29 is 4.79 Å². The molecule has 2 saturated heterocycles. The maximum absolute atomic E-state index is 12.6. The highest BCUT2D eigenvalue weighted by Crippen LogP contribution is 2.22. The number of H-pyrrole nitrogens is 1. The maximum atomic E-state index is 12.6. The first-order valence-corrected chi connectivity index (χ1v) is 11.2. The number of hydrogen-bond acceptors (Lipinski definition) is 6. The summed E-state index contributed by atoms with van der Waals surface area (Å²) in [6.07, 6.45) is 4.59. The largest absolute Gasteiger partial charge is 0.378 e. The number of aromatic nitrogens is 3. The second-order valence-electron chi connectivity index (χ2n) is 8.49. The lowest BCUT2D eigenvalue weighted by Crippen LogP contribution is -2.47. The molecule has 4 rings (SSSR count). The van der Waals surface area contributed by atoms with Crippen molar-refractivity contribution in [1.82, 2.24) is 31.1 Å². The molecule has 2 unspecified atom stereocenters. The molecule has 1 aromatic heterocycles. The number of rotatable bonds is 7. The lowest BCUT2D eigenvalue weighted by molar-refractivity contribution is 0.0943. The van der Waals surface area contributed by atoms with Crippen molar-refractivity contribution >= 4 is 11.6 Å². The summed E-state index contributed by atoms with van der Waals surface area (Å²) >= 11 is 0. The number of nitrogens with one attached hydrogen (secondary N) is 5. The number of aromatic amines is 1. The van der Waals surface area contributed by atoms with Crippen molar-refractivity contribution in [3.63, 3.8) is 0 Å². The van der Waals surface area contributed by atoms with E-state index in [1.807, 2.05) is 24.3 Å². The van der Waals surface area contributed by atoms with Crippen molar-refractivity contribution in [2.45, 2.75) is 51.1 Å². The molecule has 1 aromatic carbocycles. The van der Waals surface area contributed by atoms with E-state index in [1.165, 1.54) is 12.8 Å². The molecule has 8 nitrogen and oxygen atoms in total. The summed E-state index contributed by atoms with van der Waals surface area (Å²) in [7, 11) is 0. The van der Waals surface area contributed by atoms with Crippen LogP contribution in [0.3, 0.4) is 0 Å². The molecule has 1 amide bonds. The average molecular weight is 412 g/mol. The Morgan fingerprint density at radius 1 is 1.20 bits per heavy atom. The maximum Gasteiger partial charge on any atom is 0.251 e. The van der Waals surface area contributed by atoms with Gasteiger partial charge in [0.1, 0.15) is 5.82 Å². The number of carbonyl (C=O) groups is 1. The first-order valence-electron chi connectivity index (χ1n) is 11.2. The Morgan fingerprint density at radius 3 is 2.90 bits per heavy atom. The van der Waals surface area contributed by atoms with Gasteiger partial charge in [-0.1, -0.05) is 13.0 Å². The monoisotopic (exact) mass is 411 g/mol. The number of benzene rings is 1. The Kier molecular flexibility index (Phi) is 6.96. The summed E-state index contributed by atoms with van der Waals surface area (Å²) in [6, 6.07) is 7.95. The molecule has 5 N–H and O–H groups in total. The topological polar surface area (TPSA) is 107 Å². The van der Waals surface area contributed by atoms with Crippen LogP contribution in [0.2, 0.25) is 0 Å². The van der Waals surface area contributed by atoms with Gasteiger partial charge in [0.2, 0.25) is 0 Å². The van der Waals surface area contributed by atoms with Crippen LogP contribution < -0.4 is 21.3 Å². The van der Waals surface area contributed by atoms with Crippen LogP contribution >= 0.6 is 0 Å². The summed E-state index contributed by atoms with van der Waals surface area (Å²) in [4.78, 5) is 17.3. The Morgan fingerprint density at radius 2 is 2.07 bits per heavy atom. The van der Waals surface area contributed by atoms with Gasteiger partial charge in [0.05, 0.1) is 6.54 Å². The number of carbonyl (C=O) groups excluding carboxylic acids is 1. The molecule has 162 valence electrons. The molecular formula is C22H33N7O. The SMILES string of the molecule is CC1CCCNC1CNC(=O)c1cccc(NCc2nc(C3CCNCC3)n[nH]2)c1. The van der Waals surface area contributed by atoms with Gasteiger partial charge in [-0.25, -0.2) is 4.98 Å². The van der Waals surface area contributed by atoms with Gasteiger partial charge >= 0.3 is 0 Å². The molecule has 0 aliphatic carbocycles. The fourth-order valence-electron chi connectivity index (χ4n) is 4.30. The van der Waals surface area contributed by atoms with Crippen LogP contribution in [0.5, 0.6) is 0 Å². The quantitative estimate of drug-likeness (QED) is 0.477. The third-order valence-corrected chi connectivity index (χ3v) is 6.25. The van der Waals surface area contributed by atoms with Crippen molar-refractivity contribution in [2.75, 3.05) is 31.5 Å². The Bertz CT molecular complexity index is 830. The predicted molar refractivity (Wildman–Crippen MR) is 118 cm³/mol. The minimum Gasteiger partial charge on any atom is -0.378 e. The minimum absolute atomic E-state index is 0.0360. The van der Waals surface area contributed by atoms with E-state index >= 15 is 0 Å². The third kappa shape index (κ3) is 5.37. The molecule has 3 heterocycles. The number of nitrogens with zero attached hydrogens (tertiary/aromatic N) is 2. The zero-order valence-corrected chi connectivity index (χ0v) is 17.7. The number of piperidine rings is 2. The van der Waals surface area contributed by atoms with E-state index in [0.717, 1.165) is 49.8 Å². The van der Waals surface area contributed by atoms with Gasteiger partial charge in [0, 0.05) is 29.8 Å². The van der Waals surface area contributed by atoms with E-state index in [-0.39, 0.29) is 5.91 Å². The fraction of sp³-hybridized carbons (Fsp3) is 0.591. The molecule has 30 heavy (non-hydrogen) atoms. The average Bonchev–Trinajstić information content (AvgIpc) is 3.27. The van der Waals surface area contributed by atoms with E-state index in [4.69, 9.17) is 0 Å². The highest BCUT2D eigenvalue weighted by molar-refractivity contribution is 5.95. The molecule has 2 fully saturated rings. The number of anilines is 1. The van der Waals surface area contributed by atoms with Crippen LogP contribution in [-0.2, 0) is 6.54 Å². The van der Waals surface area contributed by atoms with E-state index in [0.29, 0.717) is 36.5 Å². The molecule has 2 aliphatic heterocycles. The van der Waals surface area contributed by atoms with Crippen LogP contribution in [0.4, 0.5) is 5.69 Å². The van der Waals surface area contributed by atoms with Crippen LogP contribution in [0.25, 0.3) is 0 Å². The first-order chi connectivity index (χ1) is 14.7. The molecule has 0 spiro atoms. The second kappa shape index (κ2) is 10.0. The number of amides is 1. The highest BCUT2D eigenvalue weighted by atomic mass is 16.1. The highest BCUT2D eigenvalue weighted by Gasteiger charge is 2.21. The Labute approximate surface area is 178 Å². The van der Waals surface area contributed by atoms with Crippen molar-refractivity contribution in [3.8, 4) is 0 Å².